The summed E-state index contributed by atoms with van der Waals surface area (Å²) < 4.78 is 13.0. The molecule has 4 atom stereocenters. The summed E-state index contributed by atoms with van der Waals surface area (Å²) in [7, 11) is 0. The van der Waals surface area contributed by atoms with Crippen LogP contribution in [-0.2, 0) is 15.0 Å². The van der Waals surface area contributed by atoms with E-state index in [1.165, 1.54) is 6.08 Å². The van der Waals surface area contributed by atoms with Gasteiger partial charge in [-0.2, -0.15) is 0 Å². The number of anilines is 1. The van der Waals surface area contributed by atoms with Crippen molar-refractivity contribution in [2.24, 2.45) is 11.3 Å². The second kappa shape index (κ2) is 11.6. The highest BCUT2D eigenvalue weighted by Gasteiger charge is 2.65. The summed E-state index contributed by atoms with van der Waals surface area (Å²) in [5.74, 6) is -1.08. The Morgan fingerprint density at radius 2 is 1.98 bits per heavy atom. The lowest BCUT2D eigenvalue weighted by Crippen LogP contribution is -2.51. The van der Waals surface area contributed by atoms with Crippen LogP contribution in [0.15, 0.2) is 53.6 Å². The Morgan fingerprint density at radius 1 is 1.30 bits per heavy atom. The van der Waals surface area contributed by atoms with Crippen LogP contribution in [0.2, 0.25) is 5.02 Å². The number of amides is 2. The minimum absolute atomic E-state index is 0.0370. The number of benzene rings is 1. The van der Waals surface area contributed by atoms with Crippen molar-refractivity contribution in [3.63, 3.8) is 0 Å². The number of aliphatic hydroxyl groups is 1. The first kappa shape index (κ1) is 30.8. The normalized spacial score (nSPS) is 32.4. The number of hydrogen-bond donors (Lipinski definition) is 4. The second-order valence-electron chi connectivity index (χ2n) is 12.9. The lowest BCUT2D eigenvalue weighted by atomic mass is 9.62. The van der Waals surface area contributed by atoms with Gasteiger partial charge in [0.25, 0.3) is 0 Å². The highest BCUT2D eigenvalue weighted by Crippen LogP contribution is 2.55. The zero-order chi connectivity index (χ0) is 29.5. The van der Waals surface area contributed by atoms with Gasteiger partial charge in [-0.1, -0.05) is 68.8 Å². The number of allylic oxidation sites excluding steroid dienone is 4. The lowest BCUT2D eigenvalue weighted by Gasteiger charge is -2.38. The molecule has 9 heteroatoms. The molecule has 6 nitrogen and oxygen atoms in total. The summed E-state index contributed by atoms with van der Waals surface area (Å²) in [4.78, 5) is 28.1. The minimum atomic E-state index is -1.14. The Bertz CT molecular complexity index is 1230. The van der Waals surface area contributed by atoms with Crippen molar-refractivity contribution >= 4 is 40.7 Å². The van der Waals surface area contributed by atoms with Crippen LogP contribution in [0, 0.1) is 11.3 Å². The monoisotopic (exact) mass is 591 g/mol. The van der Waals surface area contributed by atoms with E-state index in [1.807, 2.05) is 13.0 Å². The average Bonchev–Trinajstić information content (AvgIpc) is 3.34. The topological polar surface area (TPSA) is 90.5 Å². The van der Waals surface area contributed by atoms with Gasteiger partial charge in [0.1, 0.15) is 12.1 Å². The van der Waals surface area contributed by atoms with Crippen molar-refractivity contribution in [3.8, 4) is 0 Å². The highest BCUT2D eigenvalue weighted by atomic mass is 35.5. The van der Waals surface area contributed by atoms with Crippen LogP contribution in [0.4, 0.5) is 10.1 Å². The number of nitrogens with one attached hydrogen (secondary N) is 3. The van der Waals surface area contributed by atoms with E-state index in [9.17, 15) is 19.1 Å². The van der Waals surface area contributed by atoms with E-state index >= 15 is 0 Å². The smallest absolute Gasteiger partial charge is 0.238 e. The van der Waals surface area contributed by atoms with Gasteiger partial charge in [-0.05, 0) is 73.8 Å². The Balaban J connectivity index is 1.79. The number of alkyl halides is 1. The molecule has 2 aliphatic heterocycles. The van der Waals surface area contributed by atoms with Crippen LogP contribution in [0.25, 0.3) is 0 Å². The Labute approximate surface area is 246 Å². The molecule has 2 amide bonds. The van der Waals surface area contributed by atoms with Crippen molar-refractivity contribution in [3.05, 3.63) is 64.2 Å². The first-order chi connectivity index (χ1) is 18.7. The quantitative estimate of drug-likeness (QED) is 0.295. The summed E-state index contributed by atoms with van der Waals surface area (Å²) in [5, 5.41) is 20.7. The van der Waals surface area contributed by atoms with Gasteiger partial charge in [-0.15, -0.1) is 0 Å². The fourth-order valence-electron chi connectivity index (χ4n) is 6.57. The number of carbonyl (C=O) groups excluding carboxylic acids is 2. The maximum absolute atomic E-state index is 14.1. The Morgan fingerprint density at radius 3 is 2.60 bits per heavy atom. The highest BCUT2D eigenvalue weighted by molar-refractivity contribution is 6.31. The van der Waals surface area contributed by atoms with Gasteiger partial charge in [0.2, 0.25) is 11.8 Å². The predicted molar refractivity (Wildman–Crippen MR) is 159 cm³/mol. The summed E-state index contributed by atoms with van der Waals surface area (Å²) in [6.45, 7) is 11.7. The SMILES string of the molecule is C=C(/C=C\C=C(\Cl)CF)[C@H]1[C@H](C(=O)N[C@H]2CC[C@](C)(O)CC2)N[C@@H](CC(C)(C)C)[C@@]12C(=O)Nc1cc(Cl)ccc12. The molecule has 0 bridgehead atoms. The van der Waals surface area contributed by atoms with Crippen LogP contribution in [-0.4, -0.2) is 47.3 Å². The molecule has 1 aromatic carbocycles. The number of halogens is 3. The van der Waals surface area contributed by atoms with Crippen molar-refractivity contribution in [1.82, 2.24) is 10.6 Å². The minimum Gasteiger partial charge on any atom is -0.390 e. The molecule has 0 radical (unpaired) electrons. The molecule has 0 aromatic heterocycles. The van der Waals surface area contributed by atoms with Gasteiger partial charge in [-0.25, -0.2) is 4.39 Å². The van der Waals surface area contributed by atoms with E-state index in [1.54, 1.807) is 24.3 Å². The van der Waals surface area contributed by atoms with Crippen LogP contribution in [0.3, 0.4) is 0 Å². The van der Waals surface area contributed by atoms with Gasteiger partial charge in [-0.3, -0.25) is 9.59 Å². The fraction of sp³-hybridized carbons (Fsp3) is 0.548. The molecule has 4 N–H and O–H groups in total. The number of carbonyl (C=O) groups is 2. The molecule has 1 aliphatic carbocycles. The van der Waals surface area contributed by atoms with E-state index in [0.29, 0.717) is 48.4 Å². The first-order valence-corrected chi connectivity index (χ1v) is 14.6. The van der Waals surface area contributed by atoms with E-state index < -0.39 is 35.7 Å². The van der Waals surface area contributed by atoms with E-state index in [0.717, 1.165) is 5.56 Å². The zero-order valence-electron chi connectivity index (χ0n) is 23.6. The maximum Gasteiger partial charge on any atom is 0.238 e. The molecule has 1 aromatic rings. The molecule has 2 fully saturated rings. The van der Waals surface area contributed by atoms with E-state index in [4.69, 9.17) is 23.2 Å². The third-order valence-corrected chi connectivity index (χ3v) is 8.89. The maximum atomic E-state index is 14.1. The van der Waals surface area contributed by atoms with Crippen LogP contribution in [0.1, 0.15) is 65.4 Å². The predicted octanol–water partition coefficient (Wildman–Crippen LogP) is 5.94. The van der Waals surface area contributed by atoms with Gasteiger partial charge in [0.15, 0.2) is 0 Å². The van der Waals surface area contributed by atoms with Crippen molar-refractivity contribution < 1.29 is 19.1 Å². The summed E-state index contributed by atoms with van der Waals surface area (Å²) in [5.41, 5.74) is -0.0915. The van der Waals surface area contributed by atoms with E-state index in [2.05, 4.69) is 43.3 Å². The molecular weight excluding hydrogens is 552 g/mol. The van der Waals surface area contributed by atoms with E-state index in [-0.39, 0.29) is 28.3 Å². The molecule has 4 rings (SSSR count). The van der Waals surface area contributed by atoms with Gasteiger partial charge in [0.05, 0.1) is 11.6 Å². The van der Waals surface area contributed by atoms with Gasteiger partial charge >= 0.3 is 0 Å². The molecule has 2 heterocycles. The summed E-state index contributed by atoms with van der Waals surface area (Å²) in [6, 6.07) is 4.12. The summed E-state index contributed by atoms with van der Waals surface area (Å²) >= 11 is 12.2. The third kappa shape index (κ3) is 6.18. The first-order valence-electron chi connectivity index (χ1n) is 13.9. The molecule has 1 spiro atoms. The number of rotatable bonds is 7. The molecule has 3 aliphatic rings. The van der Waals surface area contributed by atoms with Crippen LogP contribution in [0.5, 0.6) is 0 Å². The average molecular weight is 593 g/mol. The fourth-order valence-corrected chi connectivity index (χ4v) is 6.82. The Kier molecular flexibility index (Phi) is 8.92. The number of fused-ring (bicyclic) bond motifs is 2. The van der Waals surface area contributed by atoms with Gasteiger partial charge in [0, 0.05) is 33.7 Å². The number of hydrogen-bond acceptors (Lipinski definition) is 4. The van der Waals surface area contributed by atoms with Crippen molar-refractivity contribution in [2.75, 3.05) is 12.0 Å². The molecule has 40 heavy (non-hydrogen) atoms. The Hall–Kier alpha value is -2.19. The molecule has 1 saturated carbocycles. The van der Waals surface area contributed by atoms with Crippen LogP contribution >= 0.6 is 23.2 Å². The third-order valence-electron chi connectivity index (χ3n) is 8.43. The largest absolute Gasteiger partial charge is 0.390 e. The lowest BCUT2D eigenvalue weighted by molar-refractivity contribution is -0.125. The molecule has 0 unspecified atom stereocenters. The van der Waals surface area contributed by atoms with Crippen LogP contribution < -0.4 is 16.0 Å². The standard InChI is InChI=1S/C31H40Cl2FN3O3/c1-18(7-6-8-20(33)17-34)25-26(27(38)35-21-11-13-30(5,40)14-12-21)37-24(16-29(2,3)4)31(25)22-10-9-19(32)15-23(22)36-28(31)39/h6-10,15,21,24-26,37,40H,1,11-14,16-17H2,2-5H3,(H,35,38)(H,36,39)/b7-6-,20-8+/t21-,24-,25-,26+,30-,31+/m0/s1. The summed E-state index contributed by atoms with van der Waals surface area (Å²) in [6.07, 6.45) is 7.89. The zero-order valence-corrected chi connectivity index (χ0v) is 25.1. The van der Waals surface area contributed by atoms with Crippen molar-refractivity contribution in [2.45, 2.75) is 88.9 Å². The molecule has 1 saturated heterocycles. The molecule has 218 valence electrons. The van der Waals surface area contributed by atoms with Crippen molar-refractivity contribution in [1.29, 1.82) is 0 Å². The molecular formula is C31H40Cl2FN3O3. The second-order valence-corrected chi connectivity index (χ2v) is 13.8. The van der Waals surface area contributed by atoms with Gasteiger partial charge < -0.3 is 21.1 Å².